The van der Waals surface area contributed by atoms with Gasteiger partial charge >= 0.3 is 57.4 Å². The summed E-state index contributed by atoms with van der Waals surface area (Å²) in [7, 11) is 0. The van der Waals surface area contributed by atoms with Crippen LogP contribution in [0.2, 0.25) is 0 Å². The Balaban J connectivity index is -0.000000688. The predicted molar refractivity (Wildman–Crippen MR) is 172 cm³/mol. The zero-order valence-corrected chi connectivity index (χ0v) is 31.4. The molecule has 0 radical (unpaired) electrons. The zero-order chi connectivity index (χ0) is 29.8. The summed E-state index contributed by atoms with van der Waals surface area (Å²) in [5.41, 5.74) is 0. The van der Waals surface area contributed by atoms with Gasteiger partial charge in [-0.05, 0) is 19.3 Å². The van der Waals surface area contributed by atoms with Crippen molar-refractivity contribution in [2.75, 3.05) is 0 Å². The second-order valence-corrected chi connectivity index (χ2v) is 12.2. The maximum atomic E-state index is 10.3. The summed E-state index contributed by atoms with van der Waals surface area (Å²) in [5.74, 6) is -1.56. The summed E-state index contributed by atoms with van der Waals surface area (Å²) < 4.78 is 0. The molecule has 5 heteroatoms. The predicted octanol–water partition coefficient (Wildman–Crippen LogP) is 8.33. The van der Waals surface area contributed by atoms with Crippen LogP contribution in [0.5, 0.6) is 0 Å². The van der Waals surface area contributed by atoms with Crippen molar-refractivity contribution in [3.63, 3.8) is 0 Å². The zero-order valence-electron chi connectivity index (χ0n) is 28.3. The number of carbonyl (C=O) groups is 2. The van der Waals surface area contributed by atoms with Crippen LogP contribution in [0, 0.1) is 0 Å². The van der Waals surface area contributed by atoms with Gasteiger partial charge in [0.25, 0.3) is 0 Å². The van der Waals surface area contributed by atoms with E-state index < -0.39 is 11.9 Å². The van der Waals surface area contributed by atoms with Crippen molar-refractivity contribution >= 4 is 11.9 Å². The van der Waals surface area contributed by atoms with Crippen molar-refractivity contribution in [3.8, 4) is 0 Å². The van der Waals surface area contributed by atoms with E-state index in [2.05, 4.69) is 13.8 Å². The van der Waals surface area contributed by atoms with E-state index in [1.165, 1.54) is 167 Å². The number of hydrogen-bond acceptors (Lipinski definition) is 3. The minimum Gasteiger partial charge on any atom is -0.550 e. The Morgan fingerprint density at radius 3 is 0.780 bits per heavy atom. The summed E-state index contributed by atoms with van der Waals surface area (Å²) in [4.78, 5) is 20.6. The molecule has 0 saturated heterocycles. The molecule has 0 aliphatic rings. The minimum atomic E-state index is -0.903. The van der Waals surface area contributed by atoms with Crippen molar-refractivity contribution in [1.82, 2.24) is 0 Å². The molecule has 0 rings (SSSR count). The van der Waals surface area contributed by atoms with Gasteiger partial charge in [0.15, 0.2) is 0 Å². The largest absolute Gasteiger partial charge is 1.00 e. The summed E-state index contributed by atoms with van der Waals surface area (Å²) in [5, 5.41) is 18.7. The SMILES string of the molecule is CCCCCCCCCCCCCCCCCC(=O)O.CCCCCCCCCCCCCCCCCC(=O)[O-].[K+]. The number of carbonyl (C=O) groups excluding carboxylic acids is 1. The fraction of sp³-hybridized carbons (Fsp3) is 0.944. The van der Waals surface area contributed by atoms with Crippen molar-refractivity contribution in [2.24, 2.45) is 0 Å². The first-order valence-electron chi connectivity index (χ1n) is 18.0. The average Bonchev–Trinajstić information content (AvgIpc) is 2.93. The van der Waals surface area contributed by atoms with Crippen molar-refractivity contribution < 1.29 is 71.2 Å². The molecule has 0 aromatic rings. The van der Waals surface area contributed by atoms with Gasteiger partial charge in [0.05, 0.1) is 0 Å². The molecule has 0 atom stereocenters. The normalized spacial score (nSPS) is 10.6. The van der Waals surface area contributed by atoms with Crippen molar-refractivity contribution in [2.45, 2.75) is 219 Å². The third-order valence-electron chi connectivity index (χ3n) is 7.98. The van der Waals surface area contributed by atoms with Crippen LogP contribution in [0.25, 0.3) is 0 Å². The summed E-state index contributed by atoms with van der Waals surface area (Å²) in [6.45, 7) is 4.54. The van der Waals surface area contributed by atoms with E-state index in [-0.39, 0.29) is 57.8 Å². The molecule has 0 aromatic carbocycles. The molecule has 0 saturated carbocycles. The van der Waals surface area contributed by atoms with E-state index in [1.54, 1.807) is 0 Å². The number of carboxylic acids is 2. The molecule has 0 aromatic heterocycles. The molecule has 0 spiro atoms. The third kappa shape index (κ3) is 50.5. The van der Waals surface area contributed by atoms with Crippen molar-refractivity contribution in [1.29, 1.82) is 0 Å². The van der Waals surface area contributed by atoms with Gasteiger partial charge in [0.1, 0.15) is 0 Å². The monoisotopic (exact) mass is 606 g/mol. The number of hydrogen-bond donors (Lipinski definition) is 1. The molecule has 0 aliphatic heterocycles. The van der Waals surface area contributed by atoms with E-state index >= 15 is 0 Å². The second-order valence-electron chi connectivity index (χ2n) is 12.2. The second kappa shape index (κ2) is 42.7. The van der Waals surface area contributed by atoms with Gasteiger partial charge in [0, 0.05) is 12.4 Å². The van der Waals surface area contributed by atoms with E-state index in [1.807, 2.05) is 0 Å². The van der Waals surface area contributed by atoms with Gasteiger partial charge in [-0.1, -0.05) is 194 Å². The van der Waals surface area contributed by atoms with E-state index in [0.717, 1.165) is 25.7 Å². The van der Waals surface area contributed by atoms with Gasteiger partial charge in [-0.3, -0.25) is 4.79 Å². The Morgan fingerprint density at radius 1 is 0.390 bits per heavy atom. The fourth-order valence-corrected chi connectivity index (χ4v) is 5.29. The molecule has 0 aliphatic carbocycles. The Labute approximate surface area is 299 Å². The molecule has 0 fully saturated rings. The first kappa shape index (κ1) is 46.0. The van der Waals surface area contributed by atoms with Crippen LogP contribution in [-0.2, 0) is 9.59 Å². The van der Waals surface area contributed by atoms with Crippen LogP contribution in [0.3, 0.4) is 0 Å². The molecule has 4 nitrogen and oxygen atoms in total. The maximum absolute atomic E-state index is 10.3. The van der Waals surface area contributed by atoms with E-state index in [4.69, 9.17) is 5.11 Å². The Hall–Kier alpha value is 0.576. The van der Waals surface area contributed by atoms with Gasteiger partial charge in [0.2, 0.25) is 0 Å². The Bertz CT molecular complexity index is 454. The molecule has 0 amide bonds. The minimum absolute atomic E-state index is 0. The maximum Gasteiger partial charge on any atom is 1.00 e. The van der Waals surface area contributed by atoms with Crippen LogP contribution in [0.15, 0.2) is 0 Å². The Kier molecular flexibility index (Phi) is 47.9. The van der Waals surface area contributed by atoms with Crippen LogP contribution in [-0.4, -0.2) is 17.0 Å². The summed E-state index contributed by atoms with van der Waals surface area (Å²) in [6, 6.07) is 0. The molecular formula is C36H71KO4. The molecule has 0 unspecified atom stereocenters. The average molecular weight is 607 g/mol. The summed E-state index contributed by atoms with van der Waals surface area (Å²) >= 11 is 0. The first-order chi connectivity index (χ1) is 19.5. The summed E-state index contributed by atoms with van der Waals surface area (Å²) in [6.07, 6.45) is 40.1. The number of unbranched alkanes of at least 4 members (excludes halogenated alkanes) is 28. The van der Waals surface area contributed by atoms with E-state index in [9.17, 15) is 14.7 Å². The quantitative estimate of drug-likeness (QED) is 0.0617. The molecule has 41 heavy (non-hydrogen) atoms. The Morgan fingerprint density at radius 2 is 0.585 bits per heavy atom. The molecular weight excluding hydrogens is 535 g/mol. The number of carboxylic acid groups (broad SMARTS) is 2. The van der Waals surface area contributed by atoms with Crippen LogP contribution in [0.4, 0.5) is 0 Å². The van der Waals surface area contributed by atoms with Gasteiger partial charge in [-0.25, -0.2) is 0 Å². The molecule has 1 N–H and O–H groups in total. The van der Waals surface area contributed by atoms with Crippen LogP contribution < -0.4 is 56.5 Å². The van der Waals surface area contributed by atoms with Gasteiger partial charge in [-0.15, -0.1) is 0 Å². The molecule has 240 valence electrons. The van der Waals surface area contributed by atoms with Crippen molar-refractivity contribution in [3.05, 3.63) is 0 Å². The third-order valence-corrected chi connectivity index (χ3v) is 7.98. The van der Waals surface area contributed by atoms with Gasteiger partial charge < -0.3 is 15.0 Å². The van der Waals surface area contributed by atoms with Crippen LogP contribution >= 0.6 is 0 Å². The standard InChI is InChI=1S/2C18H36O2.K/c2*1-2-3-4-5-6-7-8-9-10-11-12-13-14-15-16-17-18(19)20;/h2*2-17H2,1H3,(H,19,20);/q;;+1/p-1. The topological polar surface area (TPSA) is 77.4 Å². The van der Waals surface area contributed by atoms with Gasteiger partial charge in [-0.2, -0.15) is 0 Å². The number of rotatable bonds is 32. The number of aliphatic carboxylic acids is 2. The molecule has 0 bridgehead atoms. The smallest absolute Gasteiger partial charge is 0.550 e. The fourth-order valence-electron chi connectivity index (χ4n) is 5.29. The first-order valence-corrected chi connectivity index (χ1v) is 18.0. The van der Waals surface area contributed by atoms with Crippen LogP contribution in [0.1, 0.15) is 219 Å². The molecule has 0 heterocycles. The van der Waals surface area contributed by atoms with E-state index in [0.29, 0.717) is 6.42 Å².